The summed E-state index contributed by atoms with van der Waals surface area (Å²) in [6, 6.07) is 0. The Kier molecular flexibility index (Phi) is 13.6. The molecule has 0 bridgehead atoms. The van der Waals surface area contributed by atoms with Gasteiger partial charge in [-0.2, -0.15) is 0 Å². The molecular formula is C4H6O11. The van der Waals surface area contributed by atoms with Crippen LogP contribution in [0.15, 0.2) is 0 Å². The van der Waals surface area contributed by atoms with Crippen molar-refractivity contribution in [1.29, 1.82) is 0 Å². The average Bonchev–Trinajstić information content (AvgIpc) is 1.78. The maximum absolute atomic E-state index is 9.21. The van der Waals surface area contributed by atoms with E-state index in [4.69, 9.17) is 40.2 Å². The van der Waals surface area contributed by atoms with Crippen LogP contribution in [0.3, 0.4) is 0 Å². The van der Waals surface area contributed by atoms with Crippen LogP contribution in [-0.2, 0) is 4.74 Å². The van der Waals surface area contributed by atoms with Crippen LogP contribution in [0, 0.1) is 0 Å². The Labute approximate surface area is 80.4 Å². The number of ether oxygens (including phenoxy) is 1. The highest BCUT2D eigenvalue weighted by molar-refractivity contribution is 5.74. The molecule has 11 nitrogen and oxygen atoms in total. The second-order valence-corrected chi connectivity index (χ2v) is 1.20. The Hall–Kier alpha value is -2.72. The summed E-state index contributed by atoms with van der Waals surface area (Å²) in [4.78, 5) is 35.5. The first-order valence-electron chi connectivity index (χ1n) is 2.57. The summed E-state index contributed by atoms with van der Waals surface area (Å²) in [6.45, 7) is 0. The smallest absolute Gasteiger partial charge is 0.450 e. The van der Waals surface area contributed by atoms with Gasteiger partial charge in [0.05, 0.1) is 0 Å². The minimum atomic E-state index is -1.83. The SMILES string of the molecule is O=C(O)O.O=C(O)O.O=C(O)OC(=O)O. The molecule has 6 N–H and O–H groups in total. The lowest BCUT2D eigenvalue weighted by atomic mass is 11.3. The number of carboxylic acid groups (broad SMARTS) is 6. The fourth-order valence-electron chi connectivity index (χ4n) is 0.0747. The van der Waals surface area contributed by atoms with Crippen molar-refractivity contribution in [3.8, 4) is 0 Å². The second-order valence-electron chi connectivity index (χ2n) is 1.20. The van der Waals surface area contributed by atoms with Crippen molar-refractivity contribution in [2.24, 2.45) is 0 Å². The van der Waals surface area contributed by atoms with Gasteiger partial charge >= 0.3 is 24.6 Å². The molecule has 0 saturated heterocycles. The van der Waals surface area contributed by atoms with Crippen molar-refractivity contribution >= 4 is 24.6 Å². The Morgan fingerprint density at radius 3 is 0.733 bits per heavy atom. The van der Waals surface area contributed by atoms with Gasteiger partial charge in [0.1, 0.15) is 0 Å². The molecule has 0 aliphatic rings. The van der Waals surface area contributed by atoms with E-state index in [9.17, 15) is 9.59 Å². The minimum Gasteiger partial charge on any atom is -0.450 e. The van der Waals surface area contributed by atoms with Crippen LogP contribution in [0.4, 0.5) is 19.2 Å². The molecule has 0 saturated carbocycles. The van der Waals surface area contributed by atoms with E-state index >= 15 is 0 Å². The van der Waals surface area contributed by atoms with Gasteiger partial charge in [-0.25, -0.2) is 19.2 Å². The summed E-state index contributed by atoms with van der Waals surface area (Å²) < 4.78 is 3.08. The number of rotatable bonds is 0. The summed E-state index contributed by atoms with van der Waals surface area (Å²) in [5.74, 6) is 0. The molecule has 0 atom stereocenters. The van der Waals surface area contributed by atoms with Gasteiger partial charge in [-0.3, -0.25) is 0 Å². The van der Waals surface area contributed by atoms with E-state index in [1.54, 1.807) is 0 Å². The second kappa shape index (κ2) is 11.3. The first kappa shape index (κ1) is 18.1. The molecule has 0 aliphatic carbocycles. The maximum atomic E-state index is 9.21. The number of carbonyl (C=O) groups is 4. The highest BCUT2D eigenvalue weighted by atomic mass is 16.7. The van der Waals surface area contributed by atoms with Gasteiger partial charge in [0.2, 0.25) is 0 Å². The molecule has 0 spiro atoms. The molecule has 0 aromatic rings. The first-order chi connectivity index (χ1) is 6.59. The first-order valence-corrected chi connectivity index (χ1v) is 2.57. The zero-order valence-corrected chi connectivity index (χ0v) is 6.72. The van der Waals surface area contributed by atoms with Crippen LogP contribution in [0.2, 0.25) is 0 Å². The van der Waals surface area contributed by atoms with Crippen molar-refractivity contribution in [3.05, 3.63) is 0 Å². The van der Waals surface area contributed by atoms with Crippen LogP contribution in [0.1, 0.15) is 0 Å². The van der Waals surface area contributed by atoms with Crippen LogP contribution in [0.25, 0.3) is 0 Å². The average molecular weight is 230 g/mol. The molecule has 0 heterocycles. The van der Waals surface area contributed by atoms with E-state index in [1.165, 1.54) is 0 Å². The molecule has 15 heavy (non-hydrogen) atoms. The van der Waals surface area contributed by atoms with Gasteiger partial charge in [0.25, 0.3) is 0 Å². The van der Waals surface area contributed by atoms with E-state index in [0.717, 1.165) is 0 Å². The molecular weight excluding hydrogens is 224 g/mol. The van der Waals surface area contributed by atoms with Gasteiger partial charge in [0.15, 0.2) is 0 Å². The van der Waals surface area contributed by atoms with Crippen molar-refractivity contribution in [1.82, 2.24) is 0 Å². The van der Waals surface area contributed by atoms with E-state index < -0.39 is 24.6 Å². The lowest BCUT2D eigenvalue weighted by Gasteiger charge is -1.84. The quantitative estimate of drug-likeness (QED) is 0.254. The van der Waals surface area contributed by atoms with E-state index in [-0.39, 0.29) is 0 Å². The van der Waals surface area contributed by atoms with Gasteiger partial charge in [0, 0.05) is 0 Å². The molecule has 88 valence electrons. The topological polar surface area (TPSA) is 199 Å². The normalized spacial score (nSPS) is 6.67. The van der Waals surface area contributed by atoms with Gasteiger partial charge in [-0.05, 0) is 0 Å². The molecule has 0 amide bonds. The summed E-state index contributed by atoms with van der Waals surface area (Å²) in [5.41, 5.74) is 0. The summed E-state index contributed by atoms with van der Waals surface area (Å²) >= 11 is 0. The van der Waals surface area contributed by atoms with Crippen LogP contribution >= 0.6 is 0 Å². The Morgan fingerprint density at radius 1 is 0.600 bits per heavy atom. The van der Waals surface area contributed by atoms with Crippen molar-refractivity contribution in [2.45, 2.75) is 0 Å². The molecule has 0 radical (unpaired) electrons. The van der Waals surface area contributed by atoms with Crippen LogP contribution in [-0.4, -0.2) is 55.3 Å². The zero-order chi connectivity index (χ0) is 13.0. The van der Waals surface area contributed by atoms with Crippen molar-refractivity contribution in [2.75, 3.05) is 0 Å². The lowest BCUT2D eigenvalue weighted by Crippen LogP contribution is -2.05. The summed E-state index contributed by atoms with van der Waals surface area (Å²) in [5, 5.41) is 42.9. The largest absolute Gasteiger partial charge is 0.516 e. The molecule has 0 rings (SSSR count). The highest BCUT2D eigenvalue weighted by Crippen LogP contribution is 1.73. The molecule has 0 aromatic heterocycles. The predicted molar refractivity (Wildman–Crippen MR) is 38.4 cm³/mol. The third kappa shape index (κ3) is 593. The monoisotopic (exact) mass is 230 g/mol. The van der Waals surface area contributed by atoms with Crippen LogP contribution < -0.4 is 0 Å². The van der Waals surface area contributed by atoms with Gasteiger partial charge in [-0.1, -0.05) is 0 Å². The van der Waals surface area contributed by atoms with Gasteiger partial charge < -0.3 is 35.4 Å². The standard InChI is InChI=1S/C2H2O5.2CH2O3/c3-1(4)7-2(5)6;2*2-1(3)4/h(H,3,4)(H,5,6);2*(H2,2,3,4). The Balaban J connectivity index is -0.000000155. The highest BCUT2D eigenvalue weighted by Gasteiger charge is 2.01. The third-order valence-electron chi connectivity index (χ3n) is 0.175. The Bertz CT molecular complexity index is 197. The zero-order valence-electron chi connectivity index (χ0n) is 6.72. The molecule has 0 unspecified atom stereocenters. The molecule has 0 aromatic carbocycles. The van der Waals surface area contributed by atoms with Crippen LogP contribution in [0.5, 0.6) is 0 Å². The molecule has 0 fully saturated rings. The number of hydrogen-bond donors (Lipinski definition) is 6. The lowest BCUT2D eigenvalue weighted by molar-refractivity contribution is 0.0800. The van der Waals surface area contributed by atoms with E-state index in [2.05, 4.69) is 4.74 Å². The Morgan fingerprint density at radius 2 is 0.733 bits per heavy atom. The molecule has 11 heteroatoms. The van der Waals surface area contributed by atoms with E-state index in [1.807, 2.05) is 0 Å². The van der Waals surface area contributed by atoms with Crippen molar-refractivity contribution in [3.63, 3.8) is 0 Å². The molecule has 0 aliphatic heterocycles. The van der Waals surface area contributed by atoms with Gasteiger partial charge in [-0.15, -0.1) is 0 Å². The third-order valence-corrected chi connectivity index (χ3v) is 0.175. The number of hydrogen-bond acceptors (Lipinski definition) is 5. The van der Waals surface area contributed by atoms with Crippen molar-refractivity contribution < 1.29 is 54.6 Å². The maximum Gasteiger partial charge on any atom is 0.516 e. The summed E-state index contributed by atoms with van der Waals surface area (Å²) in [7, 11) is 0. The van der Waals surface area contributed by atoms with E-state index in [0.29, 0.717) is 0 Å². The fourth-order valence-corrected chi connectivity index (χ4v) is 0.0747. The predicted octanol–water partition coefficient (Wildman–Crippen LogP) is 0.804. The minimum absolute atomic E-state index is 1.81. The fraction of sp³-hybridized carbons (Fsp3) is 0. The summed E-state index contributed by atoms with van der Waals surface area (Å²) in [6.07, 6.45) is -7.29.